The van der Waals surface area contributed by atoms with E-state index < -0.39 is 5.92 Å². The fourth-order valence-electron chi connectivity index (χ4n) is 3.73. The molecule has 1 unspecified atom stereocenters. The van der Waals surface area contributed by atoms with Crippen LogP contribution in [-0.2, 0) is 14.3 Å². The van der Waals surface area contributed by atoms with Crippen LogP contribution in [0.2, 0.25) is 0 Å². The van der Waals surface area contributed by atoms with Crippen molar-refractivity contribution in [2.24, 2.45) is 0 Å². The van der Waals surface area contributed by atoms with Gasteiger partial charge in [-0.1, -0.05) is 18.2 Å². The number of anilines is 1. The van der Waals surface area contributed by atoms with Gasteiger partial charge in [-0.3, -0.25) is 9.59 Å². The number of amides is 2. The third kappa shape index (κ3) is 3.25. The summed E-state index contributed by atoms with van der Waals surface area (Å²) in [5, 5.41) is 0.659. The lowest BCUT2D eigenvalue weighted by Crippen LogP contribution is -2.33. The molecule has 0 saturated heterocycles. The Morgan fingerprint density at radius 1 is 1.10 bits per heavy atom. The average molecular weight is 407 g/mol. The predicted octanol–water partition coefficient (Wildman–Crippen LogP) is 2.69. The molecule has 1 aliphatic rings. The van der Waals surface area contributed by atoms with E-state index in [2.05, 4.69) is 9.97 Å². The highest BCUT2D eigenvalue weighted by molar-refractivity contribution is 6.22. The number of rotatable bonds is 6. The third-order valence-electron chi connectivity index (χ3n) is 5.04. The standard InChI is InChI=1S/C22H21N3O5/c1-13(26)25-17-7-5-4-6-14(17)20(22(25)27)21-15-10-18(29-3)19(30-9-8-28-2)11-16(15)23-12-24-21/h4-7,10-12,20H,8-9H2,1-3H3. The number of hydrogen-bond acceptors (Lipinski definition) is 7. The number of ether oxygens (including phenoxy) is 3. The number of methoxy groups -OCH3 is 2. The molecule has 30 heavy (non-hydrogen) atoms. The zero-order valence-electron chi connectivity index (χ0n) is 16.9. The molecule has 1 atom stereocenters. The molecular formula is C22H21N3O5. The number of carbonyl (C=O) groups is 2. The highest BCUT2D eigenvalue weighted by atomic mass is 16.5. The minimum Gasteiger partial charge on any atom is -0.493 e. The van der Waals surface area contributed by atoms with Crippen molar-refractivity contribution in [3.05, 3.63) is 54.0 Å². The number of para-hydroxylation sites is 1. The van der Waals surface area contributed by atoms with Crippen LogP contribution in [0.1, 0.15) is 24.1 Å². The Labute approximate surface area is 173 Å². The second kappa shape index (κ2) is 8.08. The zero-order chi connectivity index (χ0) is 21.3. The molecule has 0 N–H and O–H groups in total. The van der Waals surface area contributed by atoms with Crippen LogP contribution in [0.3, 0.4) is 0 Å². The Morgan fingerprint density at radius 3 is 2.63 bits per heavy atom. The summed E-state index contributed by atoms with van der Waals surface area (Å²) in [6.07, 6.45) is 1.41. The molecule has 2 amide bonds. The molecule has 2 aromatic carbocycles. The Bertz CT molecular complexity index is 1130. The maximum Gasteiger partial charge on any atom is 0.247 e. The van der Waals surface area contributed by atoms with Gasteiger partial charge in [0.2, 0.25) is 11.8 Å². The predicted molar refractivity (Wildman–Crippen MR) is 110 cm³/mol. The van der Waals surface area contributed by atoms with Crippen molar-refractivity contribution in [3.8, 4) is 11.5 Å². The van der Waals surface area contributed by atoms with Gasteiger partial charge < -0.3 is 14.2 Å². The number of benzene rings is 2. The van der Waals surface area contributed by atoms with E-state index in [1.807, 2.05) is 12.1 Å². The van der Waals surface area contributed by atoms with Crippen LogP contribution in [0.15, 0.2) is 42.7 Å². The number of carbonyl (C=O) groups excluding carboxylic acids is 2. The first-order valence-corrected chi connectivity index (χ1v) is 9.44. The fraction of sp³-hybridized carbons (Fsp3) is 0.273. The minimum absolute atomic E-state index is 0.330. The van der Waals surface area contributed by atoms with Gasteiger partial charge in [0.1, 0.15) is 18.9 Å². The monoisotopic (exact) mass is 407 g/mol. The van der Waals surface area contributed by atoms with Crippen LogP contribution in [0.25, 0.3) is 10.9 Å². The largest absolute Gasteiger partial charge is 0.493 e. The second-order valence-electron chi connectivity index (χ2n) is 6.80. The first kappa shape index (κ1) is 19.8. The lowest BCUT2D eigenvalue weighted by atomic mass is 9.94. The van der Waals surface area contributed by atoms with Crippen molar-refractivity contribution in [1.82, 2.24) is 9.97 Å². The summed E-state index contributed by atoms with van der Waals surface area (Å²) in [5.74, 6) is -0.351. The molecule has 1 aromatic heterocycles. The molecule has 0 spiro atoms. The summed E-state index contributed by atoms with van der Waals surface area (Å²) in [6.45, 7) is 2.17. The first-order chi connectivity index (χ1) is 14.6. The number of nitrogens with zero attached hydrogens (tertiary/aromatic N) is 3. The second-order valence-corrected chi connectivity index (χ2v) is 6.80. The SMILES string of the molecule is COCCOc1cc2ncnc(C3C(=O)N(C(C)=O)c4ccccc43)c2cc1OC. The van der Waals surface area contributed by atoms with E-state index in [9.17, 15) is 9.59 Å². The van der Waals surface area contributed by atoms with E-state index in [1.54, 1.807) is 38.5 Å². The summed E-state index contributed by atoms with van der Waals surface area (Å²) in [6, 6.07) is 10.8. The molecular weight excluding hydrogens is 386 g/mol. The smallest absolute Gasteiger partial charge is 0.247 e. The quantitative estimate of drug-likeness (QED) is 0.580. The van der Waals surface area contributed by atoms with Crippen LogP contribution in [0, 0.1) is 0 Å². The number of aromatic nitrogens is 2. The normalized spacial score (nSPS) is 15.4. The molecule has 0 bridgehead atoms. The molecule has 4 rings (SSSR count). The van der Waals surface area contributed by atoms with Crippen molar-refractivity contribution in [1.29, 1.82) is 0 Å². The van der Waals surface area contributed by atoms with E-state index >= 15 is 0 Å². The van der Waals surface area contributed by atoms with E-state index in [-0.39, 0.29) is 11.8 Å². The van der Waals surface area contributed by atoms with E-state index in [0.29, 0.717) is 47.0 Å². The first-order valence-electron chi connectivity index (χ1n) is 9.44. The van der Waals surface area contributed by atoms with E-state index in [1.165, 1.54) is 18.2 Å². The van der Waals surface area contributed by atoms with Crippen molar-refractivity contribution in [2.75, 3.05) is 32.3 Å². The Hall–Kier alpha value is -3.52. The van der Waals surface area contributed by atoms with Gasteiger partial charge in [-0.05, 0) is 17.7 Å². The van der Waals surface area contributed by atoms with Crippen LogP contribution >= 0.6 is 0 Å². The van der Waals surface area contributed by atoms with Crippen molar-refractivity contribution in [3.63, 3.8) is 0 Å². The summed E-state index contributed by atoms with van der Waals surface area (Å²) < 4.78 is 16.2. The Morgan fingerprint density at radius 2 is 1.90 bits per heavy atom. The van der Waals surface area contributed by atoms with Gasteiger partial charge in [-0.2, -0.15) is 0 Å². The lowest BCUT2D eigenvalue weighted by Gasteiger charge is -2.16. The molecule has 0 fully saturated rings. The molecule has 1 aliphatic heterocycles. The molecule has 2 heterocycles. The van der Waals surface area contributed by atoms with Crippen molar-refractivity contribution in [2.45, 2.75) is 12.8 Å². The molecule has 3 aromatic rings. The molecule has 154 valence electrons. The number of fused-ring (bicyclic) bond motifs is 2. The van der Waals surface area contributed by atoms with Gasteiger partial charge in [0.25, 0.3) is 0 Å². The van der Waals surface area contributed by atoms with Gasteiger partial charge in [0.05, 0.1) is 30.6 Å². The minimum atomic E-state index is -0.708. The third-order valence-corrected chi connectivity index (χ3v) is 5.04. The van der Waals surface area contributed by atoms with Gasteiger partial charge in [-0.25, -0.2) is 14.9 Å². The molecule has 8 nitrogen and oxygen atoms in total. The van der Waals surface area contributed by atoms with Gasteiger partial charge in [0.15, 0.2) is 11.5 Å². The number of hydrogen-bond donors (Lipinski definition) is 0. The van der Waals surface area contributed by atoms with E-state index in [0.717, 1.165) is 5.56 Å². The van der Waals surface area contributed by atoms with Crippen LogP contribution in [0.5, 0.6) is 11.5 Å². The summed E-state index contributed by atoms with van der Waals surface area (Å²) in [4.78, 5) is 35.3. The van der Waals surface area contributed by atoms with Gasteiger partial charge in [0, 0.05) is 25.5 Å². The average Bonchev–Trinajstić information content (AvgIpc) is 3.04. The summed E-state index contributed by atoms with van der Waals surface area (Å²) in [7, 11) is 3.14. The summed E-state index contributed by atoms with van der Waals surface area (Å²) in [5.41, 5.74) is 2.44. The summed E-state index contributed by atoms with van der Waals surface area (Å²) >= 11 is 0. The van der Waals surface area contributed by atoms with Crippen LogP contribution in [-0.4, -0.2) is 49.2 Å². The molecule has 0 saturated carbocycles. The van der Waals surface area contributed by atoms with Gasteiger partial charge in [-0.15, -0.1) is 0 Å². The number of imide groups is 1. The molecule has 0 radical (unpaired) electrons. The maximum atomic E-state index is 13.2. The van der Waals surface area contributed by atoms with Crippen molar-refractivity contribution >= 4 is 28.4 Å². The highest BCUT2D eigenvalue weighted by Gasteiger charge is 2.41. The Balaban J connectivity index is 1.85. The molecule has 8 heteroatoms. The zero-order valence-corrected chi connectivity index (χ0v) is 16.9. The fourth-order valence-corrected chi connectivity index (χ4v) is 3.73. The topological polar surface area (TPSA) is 90.9 Å². The highest BCUT2D eigenvalue weighted by Crippen LogP contribution is 2.43. The van der Waals surface area contributed by atoms with Crippen LogP contribution in [0.4, 0.5) is 5.69 Å². The van der Waals surface area contributed by atoms with Crippen molar-refractivity contribution < 1.29 is 23.8 Å². The van der Waals surface area contributed by atoms with Crippen LogP contribution < -0.4 is 14.4 Å². The molecule has 0 aliphatic carbocycles. The maximum absolute atomic E-state index is 13.2. The Kier molecular flexibility index (Phi) is 5.33. The van der Waals surface area contributed by atoms with E-state index in [4.69, 9.17) is 14.2 Å². The lowest BCUT2D eigenvalue weighted by molar-refractivity contribution is -0.125. The van der Waals surface area contributed by atoms with Gasteiger partial charge >= 0.3 is 0 Å².